The van der Waals surface area contributed by atoms with Crippen LogP contribution in [-0.2, 0) is 0 Å². The van der Waals surface area contributed by atoms with Crippen LogP contribution in [0.25, 0.3) is 0 Å². The second-order valence-corrected chi connectivity index (χ2v) is 3.81. The largest absolute Gasteiger partial charge is 0.307 e. The number of nitrogens with one attached hydrogen (secondary N) is 1. The van der Waals surface area contributed by atoms with Crippen LogP contribution in [0.4, 0.5) is 0 Å². The zero-order valence-electron chi connectivity index (χ0n) is 8.16. The molecule has 0 unspecified atom stereocenters. The van der Waals surface area contributed by atoms with Gasteiger partial charge in [0, 0.05) is 12.1 Å². The molecule has 1 aliphatic rings. The molecule has 1 atom stereocenters. The molecule has 1 aromatic carbocycles. The van der Waals surface area contributed by atoms with Crippen LogP contribution in [0.1, 0.15) is 37.8 Å². The molecule has 13 heavy (non-hydrogen) atoms. The third kappa shape index (κ3) is 2.31. The minimum absolute atomic E-state index is 0.564. The Bertz CT molecular complexity index is 251. The second-order valence-electron chi connectivity index (χ2n) is 3.81. The lowest BCUT2D eigenvalue weighted by atomic mass is 10.0. The van der Waals surface area contributed by atoms with Gasteiger partial charge < -0.3 is 5.32 Å². The number of rotatable bonds is 4. The van der Waals surface area contributed by atoms with Crippen molar-refractivity contribution in [1.29, 1.82) is 0 Å². The van der Waals surface area contributed by atoms with Gasteiger partial charge in [-0.05, 0) is 24.8 Å². The third-order valence-electron chi connectivity index (χ3n) is 2.62. The monoisotopic (exact) mass is 175 g/mol. The van der Waals surface area contributed by atoms with Crippen molar-refractivity contribution in [3.05, 3.63) is 35.9 Å². The van der Waals surface area contributed by atoms with E-state index >= 15 is 0 Å². The fourth-order valence-corrected chi connectivity index (χ4v) is 1.67. The van der Waals surface area contributed by atoms with Crippen LogP contribution in [0.2, 0.25) is 0 Å². The van der Waals surface area contributed by atoms with Crippen LogP contribution in [-0.4, -0.2) is 6.04 Å². The molecular formula is C12H17N. The van der Waals surface area contributed by atoms with E-state index in [0.717, 1.165) is 6.04 Å². The van der Waals surface area contributed by atoms with Gasteiger partial charge in [0.1, 0.15) is 0 Å². The van der Waals surface area contributed by atoms with Gasteiger partial charge in [-0.1, -0.05) is 37.3 Å². The Labute approximate surface area is 80.2 Å². The van der Waals surface area contributed by atoms with Crippen LogP contribution in [0.3, 0.4) is 0 Å². The average molecular weight is 175 g/mol. The first-order valence-electron chi connectivity index (χ1n) is 5.21. The lowest BCUT2D eigenvalue weighted by Crippen LogP contribution is -2.22. The highest BCUT2D eigenvalue weighted by atomic mass is 15.0. The molecule has 0 bridgehead atoms. The molecule has 0 saturated heterocycles. The van der Waals surface area contributed by atoms with Gasteiger partial charge in [0.05, 0.1) is 0 Å². The van der Waals surface area contributed by atoms with Crippen molar-refractivity contribution < 1.29 is 0 Å². The normalized spacial score (nSPS) is 18.5. The van der Waals surface area contributed by atoms with Crippen molar-refractivity contribution >= 4 is 0 Å². The molecule has 1 aromatic rings. The van der Waals surface area contributed by atoms with Crippen molar-refractivity contribution in [2.75, 3.05) is 0 Å². The van der Waals surface area contributed by atoms with E-state index in [2.05, 4.69) is 42.6 Å². The Balaban J connectivity index is 2.02. The maximum atomic E-state index is 3.66. The Morgan fingerprint density at radius 3 is 2.54 bits per heavy atom. The van der Waals surface area contributed by atoms with E-state index in [4.69, 9.17) is 0 Å². The molecule has 0 amide bonds. The zero-order chi connectivity index (χ0) is 9.10. The number of benzene rings is 1. The summed E-state index contributed by atoms with van der Waals surface area (Å²) in [6.45, 7) is 2.24. The first-order chi connectivity index (χ1) is 6.40. The van der Waals surface area contributed by atoms with Crippen LogP contribution < -0.4 is 5.32 Å². The molecule has 0 aliphatic heterocycles. The first-order valence-corrected chi connectivity index (χ1v) is 5.21. The predicted octanol–water partition coefficient (Wildman–Crippen LogP) is 2.89. The van der Waals surface area contributed by atoms with Gasteiger partial charge in [-0.25, -0.2) is 0 Å². The average Bonchev–Trinajstić information content (AvgIpc) is 2.99. The zero-order valence-corrected chi connectivity index (χ0v) is 8.16. The van der Waals surface area contributed by atoms with Gasteiger partial charge >= 0.3 is 0 Å². The maximum Gasteiger partial charge on any atom is 0.0320 e. The summed E-state index contributed by atoms with van der Waals surface area (Å²) in [5, 5.41) is 3.66. The van der Waals surface area contributed by atoms with Crippen LogP contribution in [0.15, 0.2) is 30.3 Å². The van der Waals surface area contributed by atoms with E-state index in [1.165, 1.54) is 24.8 Å². The molecule has 0 heterocycles. The van der Waals surface area contributed by atoms with Crippen molar-refractivity contribution in [3.63, 3.8) is 0 Å². The summed E-state index contributed by atoms with van der Waals surface area (Å²) in [5.74, 6) is 0. The van der Waals surface area contributed by atoms with Gasteiger partial charge in [0.25, 0.3) is 0 Å². The van der Waals surface area contributed by atoms with Gasteiger partial charge in [-0.2, -0.15) is 0 Å². The Morgan fingerprint density at radius 2 is 2.00 bits per heavy atom. The van der Waals surface area contributed by atoms with Crippen molar-refractivity contribution in [3.8, 4) is 0 Å². The summed E-state index contributed by atoms with van der Waals surface area (Å²) in [4.78, 5) is 0. The molecule has 1 fully saturated rings. The maximum absolute atomic E-state index is 3.66. The smallest absolute Gasteiger partial charge is 0.0320 e. The minimum atomic E-state index is 0.564. The molecule has 1 saturated carbocycles. The van der Waals surface area contributed by atoms with Crippen molar-refractivity contribution in [2.24, 2.45) is 0 Å². The lowest BCUT2D eigenvalue weighted by molar-refractivity contribution is 0.516. The van der Waals surface area contributed by atoms with Gasteiger partial charge in [-0.3, -0.25) is 0 Å². The van der Waals surface area contributed by atoms with Crippen LogP contribution in [0.5, 0.6) is 0 Å². The van der Waals surface area contributed by atoms with E-state index < -0.39 is 0 Å². The summed E-state index contributed by atoms with van der Waals surface area (Å²) < 4.78 is 0. The highest BCUT2D eigenvalue weighted by Crippen LogP contribution is 2.25. The molecule has 1 heteroatoms. The standard InChI is InChI=1S/C12H17N/c1-2-12(13-11-8-9-11)10-6-4-3-5-7-10/h3-7,11-13H,2,8-9H2,1H3/t12-/m0/s1. The molecular weight excluding hydrogens is 158 g/mol. The van der Waals surface area contributed by atoms with E-state index in [9.17, 15) is 0 Å². The molecule has 0 aromatic heterocycles. The van der Waals surface area contributed by atoms with Gasteiger partial charge in [0.2, 0.25) is 0 Å². The van der Waals surface area contributed by atoms with E-state index in [1.54, 1.807) is 0 Å². The Hall–Kier alpha value is -0.820. The number of hydrogen-bond acceptors (Lipinski definition) is 1. The van der Waals surface area contributed by atoms with E-state index in [0.29, 0.717) is 6.04 Å². The van der Waals surface area contributed by atoms with Gasteiger partial charge in [-0.15, -0.1) is 0 Å². The predicted molar refractivity (Wildman–Crippen MR) is 55.6 cm³/mol. The summed E-state index contributed by atoms with van der Waals surface area (Å²) >= 11 is 0. The summed E-state index contributed by atoms with van der Waals surface area (Å²) in [6.07, 6.45) is 3.91. The van der Waals surface area contributed by atoms with Crippen molar-refractivity contribution in [1.82, 2.24) is 5.32 Å². The molecule has 1 nitrogen and oxygen atoms in total. The molecule has 2 rings (SSSR count). The summed E-state index contributed by atoms with van der Waals surface area (Å²) in [6, 6.07) is 12.1. The van der Waals surface area contributed by atoms with Gasteiger partial charge in [0.15, 0.2) is 0 Å². The number of hydrogen-bond donors (Lipinski definition) is 1. The quantitative estimate of drug-likeness (QED) is 0.742. The summed E-state index contributed by atoms with van der Waals surface area (Å²) in [5.41, 5.74) is 1.43. The molecule has 70 valence electrons. The highest BCUT2D eigenvalue weighted by molar-refractivity contribution is 5.19. The van der Waals surface area contributed by atoms with Crippen molar-refractivity contribution in [2.45, 2.75) is 38.3 Å². The molecule has 0 radical (unpaired) electrons. The Morgan fingerprint density at radius 1 is 1.31 bits per heavy atom. The highest BCUT2D eigenvalue weighted by Gasteiger charge is 2.24. The third-order valence-corrected chi connectivity index (χ3v) is 2.62. The fraction of sp³-hybridized carbons (Fsp3) is 0.500. The topological polar surface area (TPSA) is 12.0 Å². The van der Waals surface area contributed by atoms with Crippen LogP contribution >= 0.6 is 0 Å². The molecule has 0 spiro atoms. The Kier molecular flexibility index (Phi) is 2.65. The SMILES string of the molecule is CC[C@H](NC1CC1)c1ccccc1. The minimum Gasteiger partial charge on any atom is -0.307 e. The first kappa shape index (κ1) is 8.76. The van der Waals surface area contributed by atoms with Crippen LogP contribution in [0, 0.1) is 0 Å². The van der Waals surface area contributed by atoms with E-state index in [-0.39, 0.29) is 0 Å². The fourth-order valence-electron chi connectivity index (χ4n) is 1.67. The molecule has 1 N–H and O–H groups in total. The molecule has 1 aliphatic carbocycles. The van der Waals surface area contributed by atoms with E-state index in [1.807, 2.05) is 0 Å². The summed E-state index contributed by atoms with van der Waals surface area (Å²) in [7, 11) is 0. The lowest BCUT2D eigenvalue weighted by Gasteiger charge is -2.16. The second kappa shape index (κ2) is 3.93.